The highest BCUT2D eigenvalue weighted by Gasteiger charge is 2.42. The summed E-state index contributed by atoms with van der Waals surface area (Å²) >= 11 is 1.62. The third-order valence-corrected chi connectivity index (χ3v) is 8.34. The summed E-state index contributed by atoms with van der Waals surface area (Å²) in [5.74, 6) is -1.61. The molecule has 3 saturated carbocycles. The zero-order chi connectivity index (χ0) is 21.6. The highest BCUT2D eigenvalue weighted by molar-refractivity contribution is 7.10. The Morgan fingerprint density at radius 2 is 1.74 bits per heavy atom. The summed E-state index contributed by atoms with van der Waals surface area (Å²) in [5.41, 5.74) is 0.648. The van der Waals surface area contributed by atoms with E-state index >= 15 is 0 Å². The minimum absolute atomic E-state index is 0.143. The number of alkyl halides is 2. The number of halogens is 2. The van der Waals surface area contributed by atoms with Gasteiger partial charge in [-0.05, 0) is 51.0 Å². The molecule has 2 atom stereocenters. The summed E-state index contributed by atoms with van der Waals surface area (Å²) < 4.78 is 26.6. The Bertz CT molecular complexity index is 823. The van der Waals surface area contributed by atoms with Crippen molar-refractivity contribution in [1.29, 1.82) is 0 Å². The number of amides is 2. The minimum Gasteiger partial charge on any atom is -0.349 e. The summed E-state index contributed by atoms with van der Waals surface area (Å²) in [4.78, 5) is 28.0. The lowest BCUT2D eigenvalue weighted by Crippen LogP contribution is -2.46. The molecule has 0 bridgehead atoms. The van der Waals surface area contributed by atoms with Crippen LogP contribution in [0.3, 0.4) is 0 Å². The number of nitrogens with one attached hydrogen (secondary N) is 2. The highest BCUT2D eigenvalue weighted by Crippen LogP contribution is 2.44. The SMILES string of the molecule is O=C(NC1CCC(F)(F)CC1)c1csc(C2CC2NC2CCN(C(=O)C3CC3)CC2)c1. The molecule has 2 amide bonds. The van der Waals surface area contributed by atoms with Gasteiger partial charge in [0.2, 0.25) is 11.8 Å². The predicted octanol–water partition coefficient (Wildman–Crippen LogP) is 3.90. The third kappa shape index (κ3) is 5.11. The minimum atomic E-state index is -2.58. The molecule has 5 nitrogen and oxygen atoms in total. The molecule has 2 N–H and O–H groups in total. The fraction of sp³-hybridized carbons (Fsp3) is 0.739. The molecule has 3 aliphatic carbocycles. The van der Waals surface area contributed by atoms with Crippen LogP contribution in [0.1, 0.15) is 78.9 Å². The molecule has 170 valence electrons. The van der Waals surface area contributed by atoms with Crippen molar-refractivity contribution in [3.05, 3.63) is 21.9 Å². The Kier molecular flexibility index (Phi) is 5.79. The molecule has 0 radical (unpaired) electrons. The van der Waals surface area contributed by atoms with Crippen molar-refractivity contribution in [2.24, 2.45) is 5.92 Å². The molecule has 2 unspecified atom stereocenters. The third-order valence-electron chi connectivity index (χ3n) is 7.27. The van der Waals surface area contributed by atoms with Crippen LogP contribution in [0.5, 0.6) is 0 Å². The first-order valence-corrected chi connectivity index (χ1v) is 12.6. The first-order chi connectivity index (χ1) is 14.9. The van der Waals surface area contributed by atoms with Crippen LogP contribution in [0, 0.1) is 5.92 Å². The number of hydrogen-bond acceptors (Lipinski definition) is 4. The monoisotopic (exact) mass is 451 g/mol. The standard InChI is InChI=1S/C23H31F2N3O2S/c24-23(25)7-3-16(4-8-23)27-21(29)15-11-20(31-13-15)18-12-19(18)26-17-5-9-28(10-6-17)22(30)14-1-2-14/h11,13-14,16-19,26H,1-10,12H2,(H,27,29). The second-order valence-electron chi connectivity index (χ2n) is 9.83. The normalized spacial score (nSPS) is 29.0. The number of nitrogens with zero attached hydrogens (tertiary/aromatic N) is 1. The van der Waals surface area contributed by atoms with Crippen LogP contribution in [-0.4, -0.2) is 53.9 Å². The Morgan fingerprint density at radius 1 is 1.03 bits per heavy atom. The summed E-state index contributed by atoms with van der Waals surface area (Å²) in [6, 6.07) is 2.74. The van der Waals surface area contributed by atoms with Gasteiger partial charge in [0, 0.05) is 66.1 Å². The van der Waals surface area contributed by atoms with Crippen molar-refractivity contribution in [2.45, 2.75) is 87.8 Å². The van der Waals surface area contributed by atoms with E-state index in [2.05, 4.69) is 10.6 Å². The second kappa shape index (κ2) is 8.43. The highest BCUT2D eigenvalue weighted by atomic mass is 32.1. The van der Waals surface area contributed by atoms with Gasteiger partial charge in [-0.3, -0.25) is 9.59 Å². The number of carbonyl (C=O) groups is 2. The van der Waals surface area contributed by atoms with Crippen molar-refractivity contribution in [1.82, 2.24) is 15.5 Å². The Hall–Kier alpha value is -1.54. The summed E-state index contributed by atoms with van der Waals surface area (Å²) in [7, 11) is 0. The van der Waals surface area contributed by atoms with E-state index in [0.717, 1.165) is 45.2 Å². The van der Waals surface area contributed by atoms with Crippen LogP contribution in [0.2, 0.25) is 0 Å². The largest absolute Gasteiger partial charge is 0.349 e. The molecule has 4 aliphatic rings. The van der Waals surface area contributed by atoms with E-state index in [1.54, 1.807) is 11.3 Å². The lowest BCUT2D eigenvalue weighted by molar-refractivity contribution is -0.133. The molecule has 31 heavy (non-hydrogen) atoms. The number of piperidine rings is 1. The number of rotatable bonds is 6. The van der Waals surface area contributed by atoms with Gasteiger partial charge >= 0.3 is 0 Å². The van der Waals surface area contributed by atoms with Gasteiger partial charge in [-0.15, -0.1) is 11.3 Å². The van der Waals surface area contributed by atoms with E-state index in [1.165, 1.54) is 4.88 Å². The quantitative estimate of drug-likeness (QED) is 0.690. The first kappa shape index (κ1) is 21.3. The molecular formula is C23H31F2N3O2S. The molecule has 2 heterocycles. The van der Waals surface area contributed by atoms with Gasteiger partial charge in [-0.25, -0.2) is 8.78 Å². The number of thiophene rings is 1. The maximum absolute atomic E-state index is 13.3. The van der Waals surface area contributed by atoms with Crippen molar-refractivity contribution >= 4 is 23.2 Å². The molecule has 1 aromatic heterocycles. The van der Waals surface area contributed by atoms with Gasteiger partial charge in [0.15, 0.2) is 0 Å². The topological polar surface area (TPSA) is 61.4 Å². The molecule has 1 aliphatic heterocycles. The van der Waals surface area contributed by atoms with E-state index < -0.39 is 5.92 Å². The van der Waals surface area contributed by atoms with E-state index in [1.807, 2.05) is 16.3 Å². The fourth-order valence-electron chi connectivity index (χ4n) is 4.97. The molecule has 1 aromatic rings. The lowest BCUT2D eigenvalue weighted by atomic mass is 9.92. The van der Waals surface area contributed by atoms with E-state index in [-0.39, 0.29) is 24.8 Å². The van der Waals surface area contributed by atoms with Gasteiger partial charge in [0.1, 0.15) is 0 Å². The van der Waals surface area contributed by atoms with Crippen LogP contribution in [-0.2, 0) is 4.79 Å². The van der Waals surface area contributed by atoms with Crippen molar-refractivity contribution in [3.8, 4) is 0 Å². The molecule has 0 aromatic carbocycles. The molecule has 5 rings (SSSR count). The fourth-order valence-corrected chi connectivity index (χ4v) is 6.04. The van der Waals surface area contributed by atoms with Crippen molar-refractivity contribution in [3.63, 3.8) is 0 Å². The van der Waals surface area contributed by atoms with Gasteiger partial charge in [-0.2, -0.15) is 0 Å². The molecule has 8 heteroatoms. The lowest BCUT2D eigenvalue weighted by Gasteiger charge is -2.32. The smallest absolute Gasteiger partial charge is 0.252 e. The predicted molar refractivity (Wildman–Crippen MR) is 116 cm³/mol. The molecule has 1 saturated heterocycles. The summed E-state index contributed by atoms with van der Waals surface area (Å²) in [6.07, 6.45) is 5.65. The number of carbonyl (C=O) groups excluding carboxylic acids is 2. The van der Waals surface area contributed by atoms with E-state index in [4.69, 9.17) is 0 Å². The molecule has 0 spiro atoms. The first-order valence-electron chi connectivity index (χ1n) is 11.7. The summed E-state index contributed by atoms with van der Waals surface area (Å²) in [6.45, 7) is 1.72. The molecule has 4 fully saturated rings. The van der Waals surface area contributed by atoms with Crippen LogP contribution < -0.4 is 10.6 Å². The zero-order valence-electron chi connectivity index (χ0n) is 17.7. The van der Waals surface area contributed by atoms with Crippen LogP contribution in [0.25, 0.3) is 0 Å². The maximum Gasteiger partial charge on any atom is 0.252 e. The van der Waals surface area contributed by atoms with Gasteiger partial charge in [-0.1, -0.05) is 0 Å². The van der Waals surface area contributed by atoms with Crippen molar-refractivity contribution in [2.75, 3.05) is 13.1 Å². The van der Waals surface area contributed by atoms with Crippen LogP contribution in [0.15, 0.2) is 11.4 Å². The van der Waals surface area contributed by atoms with Gasteiger partial charge < -0.3 is 15.5 Å². The zero-order valence-corrected chi connectivity index (χ0v) is 18.6. The average molecular weight is 452 g/mol. The van der Waals surface area contributed by atoms with Crippen molar-refractivity contribution < 1.29 is 18.4 Å². The van der Waals surface area contributed by atoms with Crippen LogP contribution >= 0.6 is 11.3 Å². The van der Waals surface area contributed by atoms with E-state index in [9.17, 15) is 18.4 Å². The molecular weight excluding hydrogens is 420 g/mol. The van der Waals surface area contributed by atoms with E-state index in [0.29, 0.717) is 48.2 Å². The summed E-state index contributed by atoms with van der Waals surface area (Å²) in [5, 5.41) is 8.58. The van der Waals surface area contributed by atoms with Crippen LogP contribution in [0.4, 0.5) is 8.78 Å². The number of hydrogen-bond donors (Lipinski definition) is 2. The second-order valence-corrected chi connectivity index (χ2v) is 10.8. The van der Waals surface area contributed by atoms with Gasteiger partial charge in [0.05, 0.1) is 5.56 Å². The average Bonchev–Trinajstić information content (AvgIpc) is 3.68. The number of likely N-dealkylation sites (tertiary alicyclic amines) is 1. The maximum atomic E-state index is 13.3. The Morgan fingerprint density at radius 3 is 2.42 bits per heavy atom. The van der Waals surface area contributed by atoms with Gasteiger partial charge in [0.25, 0.3) is 5.91 Å². The Balaban J connectivity index is 1.06. The Labute approximate surface area is 185 Å².